The van der Waals surface area contributed by atoms with E-state index in [1.807, 2.05) is 0 Å². The third-order valence-corrected chi connectivity index (χ3v) is 6.47. The van der Waals surface area contributed by atoms with Gasteiger partial charge in [-0.25, -0.2) is 8.42 Å². The number of rotatable bonds is 5. The molecule has 0 N–H and O–H groups in total. The first-order valence-corrected chi connectivity index (χ1v) is 9.70. The van der Waals surface area contributed by atoms with E-state index in [0.717, 1.165) is 30.7 Å². The number of ether oxygens (including phenoxy) is 2. The van der Waals surface area contributed by atoms with Crippen LogP contribution in [0.4, 0.5) is 5.69 Å². The van der Waals surface area contributed by atoms with Crippen molar-refractivity contribution in [3.8, 4) is 0 Å². The molecule has 0 unspecified atom stereocenters. The van der Waals surface area contributed by atoms with Gasteiger partial charge >= 0.3 is 11.9 Å². The number of hydrogen-bond donors (Lipinski definition) is 0. The van der Waals surface area contributed by atoms with Crippen molar-refractivity contribution in [3.63, 3.8) is 0 Å². The number of esters is 2. The van der Waals surface area contributed by atoms with Crippen molar-refractivity contribution in [2.45, 2.75) is 17.7 Å². The molecule has 0 radical (unpaired) electrons. The number of allylic oxidation sites excluding steroid dienone is 1. The first-order valence-electron chi connectivity index (χ1n) is 8.26. The Kier molecular flexibility index (Phi) is 6.52. The summed E-state index contributed by atoms with van der Waals surface area (Å²) < 4.78 is 36.5. The molecular formula is C17H20N2O8S. The van der Waals surface area contributed by atoms with Crippen LogP contribution in [0.1, 0.15) is 12.8 Å². The number of nitro benzene ring substituents is 1. The summed E-state index contributed by atoms with van der Waals surface area (Å²) in [6.45, 7) is -0.296. The van der Waals surface area contributed by atoms with E-state index in [1.54, 1.807) is 0 Å². The fourth-order valence-corrected chi connectivity index (χ4v) is 4.56. The maximum atomic E-state index is 13.0. The third kappa shape index (κ3) is 3.90. The van der Waals surface area contributed by atoms with E-state index >= 15 is 0 Å². The molecule has 0 saturated heterocycles. The molecule has 0 fully saturated rings. The molecule has 0 bridgehead atoms. The summed E-state index contributed by atoms with van der Waals surface area (Å²) in [4.78, 5) is 34.6. The Morgan fingerprint density at radius 3 is 2.32 bits per heavy atom. The zero-order valence-corrected chi connectivity index (χ0v) is 16.2. The Bertz CT molecular complexity index is 893. The minimum absolute atomic E-state index is 0.00822. The molecule has 0 atom stereocenters. The Morgan fingerprint density at radius 1 is 1.14 bits per heavy atom. The summed E-state index contributed by atoms with van der Waals surface area (Å²) in [5, 5.41) is 11.2. The number of para-hydroxylation sites is 1. The van der Waals surface area contributed by atoms with Crippen molar-refractivity contribution in [2.24, 2.45) is 5.41 Å². The average molecular weight is 412 g/mol. The number of benzene rings is 1. The first-order chi connectivity index (χ1) is 13.2. The van der Waals surface area contributed by atoms with E-state index in [4.69, 9.17) is 9.47 Å². The minimum Gasteiger partial charge on any atom is -0.468 e. The van der Waals surface area contributed by atoms with E-state index < -0.39 is 42.9 Å². The molecule has 10 nitrogen and oxygen atoms in total. The first kappa shape index (κ1) is 21.5. The van der Waals surface area contributed by atoms with Crippen LogP contribution in [0.25, 0.3) is 0 Å². The molecule has 152 valence electrons. The zero-order chi connectivity index (χ0) is 20.9. The van der Waals surface area contributed by atoms with Gasteiger partial charge in [0.2, 0.25) is 10.0 Å². The van der Waals surface area contributed by atoms with Gasteiger partial charge in [0.05, 0.1) is 19.1 Å². The highest BCUT2D eigenvalue weighted by Gasteiger charge is 2.48. The molecule has 1 aromatic rings. The summed E-state index contributed by atoms with van der Waals surface area (Å²) in [6.07, 6.45) is 2.77. The van der Waals surface area contributed by atoms with E-state index in [9.17, 15) is 28.1 Å². The topological polar surface area (TPSA) is 133 Å². The number of carbonyl (C=O) groups excluding carboxylic acids is 2. The van der Waals surface area contributed by atoms with Gasteiger partial charge in [0.25, 0.3) is 5.69 Å². The normalized spacial score (nSPS) is 18.4. The predicted molar refractivity (Wildman–Crippen MR) is 96.7 cm³/mol. The molecule has 0 aliphatic carbocycles. The van der Waals surface area contributed by atoms with Crippen LogP contribution in [-0.2, 0) is 29.1 Å². The second kappa shape index (κ2) is 8.48. The van der Waals surface area contributed by atoms with E-state index in [-0.39, 0.29) is 25.9 Å². The van der Waals surface area contributed by atoms with Gasteiger partial charge in [-0.2, -0.15) is 4.31 Å². The van der Waals surface area contributed by atoms with Gasteiger partial charge in [0.15, 0.2) is 10.3 Å². The van der Waals surface area contributed by atoms with Crippen LogP contribution in [0.5, 0.6) is 0 Å². The molecule has 0 spiro atoms. The highest BCUT2D eigenvalue weighted by Crippen LogP contribution is 2.34. The summed E-state index contributed by atoms with van der Waals surface area (Å²) >= 11 is 0. The molecule has 1 aliphatic rings. The van der Waals surface area contributed by atoms with Crippen LogP contribution in [0.2, 0.25) is 0 Å². The molecule has 2 rings (SSSR count). The largest absolute Gasteiger partial charge is 0.468 e. The second-order valence-corrected chi connectivity index (χ2v) is 7.99. The van der Waals surface area contributed by atoms with Crippen molar-refractivity contribution in [1.29, 1.82) is 0 Å². The van der Waals surface area contributed by atoms with Crippen LogP contribution in [0, 0.1) is 15.5 Å². The number of nitro groups is 1. The van der Waals surface area contributed by atoms with Gasteiger partial charge in [0, 0.05) is 19.2 Å². The lowest BCUT2D eigenvalue weighted by Crippen LogP contribution is -2.45. The quantitative estimate of drug-likeness (QED) is 0.232. The molecular weight excluding hydrogens is 392 g/mol. The molecule has 28 heavy (non-hydrogen) atoms. The SMILES string of the molecule is COC(=O)C1(C(=O)OC)C/C=C\CN(S(=O)(=O)c2ccccc2[N+](=O)[O-])CC1. The van der Waals surface area contributed by atoms with Crippen LogP contribution in [0.3, 0.4) is 0 Å². The van der Waals surface area contributed by atoms with Crippen LogP contribution >= 0.6 is 0 Å². The standard InChI is InChI=1S/C17H20N2O8S/c1-26-15(20)17(16(21)27-2)9-5-6-11-18(12-10-17)28(24,25)14-8-4-3-7-13(14)19(22)23/h3-8H,9-12H2,1-2H3/b6-5-. The van der Waals surface area contributed by atoms with Crippen molar-refractivity contribution >= 4 is 27.6 Å². The third-order valence-electron chi connectivity index (χ3n) is 4.56. The van der Waals surface area contributed by atoms with E-state index in [2.05, 4.69) is 0 Å². The Morgan fingerprint density at radius 2 is 1.75 bits per heavy atom. The Balaban J connectivity index is 2.45. The van der Waals surface area contributed by atoms with Crippen molar-refractivity contribution < 1.29 is 32.4 Å². The fourth-order valence-electron chi connectivity index (χ4n) is 3.01. The zero-order valence-electron chi connectivity index (χ0n) is 15.4. The van der Waals surface area contributed by atoms with Crippen LogP contribution < -0.4 is 0 Å². The summed E-state index contributed by atoms with van der Waals surface area (Å²) in [7, 11) is -2.01. The van der Waals surface area contributed by atoms with Gasteiger partial charge in [-0.1, -0.05) is 24.3 Å². The monoisotopic (exact) mass is 412 g/mol. The molecule has 11 heteroatoms. The lowest BCUT2D eigenvalue weighted by Gasteiger charge is -2.31. The van der Waals surface area contributed by atoms with Crippen molar-refractivity contribution in [1.82, 2.24) is 4.31 Å². The summed E-state index contributed by atoms with van der Waals surface area (Å²) in [6, 6.07) is 4.99. The molecule has 0 amide bonds. The number of hydrogen-bond acceptors (Lipinski definition) is 8. The summed E-state index contributed by atoms with van der Waals surface area (Å²) in [5.41, 5.74) is -2.25. The Labute approximate surface area is 161 Å². The minimum atomic E-state index is -4.26. The van der Waals surface area contributed by atoms with E-state index in [0.29, 0.717) is 0 Å². The van der Waals surface area contributed by atoms with Gasteiger partial charge in [0.1, 0.15) is 0 Å². The summed E-state index contributed by atoms with van der Waals surface area (Å²) in [5.74, 6) is -1.68. The van der Waals surface area contributed by atoms with Gasteiger partial charge < -0.3 is 9.47 Å². The number of sulfonamides is 1. The molecule has 0 saturated carbocycles. The molecule has 1 aliphatic heterocycles. The smallest absolute Gasteiger partial charge is 0.323 e. The van der Waals surface area contributed by atoms with Gasteiger partial charge in [-0.05, 0) is 18.9 Å². The van der Waals surface area contributed by atoms with Gasteiger partial charge in [-0.15, -0.1) is 0 Å². The van der Waals surface area contributed by atoms with Crippen LogP contribution in [-0.4, -0.2) is 56.9 Å². The molecule has 0 aromatic heterocycles. The second-order valence-electron chi connectivity index (χ2n) is 6.08. The highest BCUT2D eigenvalue weighted by atomic mass is 32.2. The van der Waals surface area contributed by atoms with Crippen molar-refractivity contribution in [2.75, 3.05) is 27.3 Å². The van der Waals surface area contributed by atoms with Crippen LogP contribution in [0.15, 0.2) is 41.3 Å². The average Bonchev–Trinajstić information content (AvgIpc) is 2.67. The number of methoxy groups -OCH3 is 2. The lowest BCUT2D eigenvalue weighted by molar-refractivity contribution is -0.387. The van der Waals surface area contributed by atoms with Crippen molar-refractivity contribution in [3.05, 3.63) is 46.5 Å². The number of nitrogens with zero attached hydrogens (tertiary/aromatic N) is 2. The maximum Gasteiger partial charge on any atom is 0.323 e. The Hall–Kier alpha value is -2.79. The maximum absolute atomic E-state index is 13.0. The lowest BCUT2D eigenvalue weighted by atomic mass is 9.80. The molecule has 1 heterocycles. The highest BCUT2D eigenvalue weighted by molar-refractivity contribution is 7.89. The molecule has 1 aromatic carbocycles. The fraction of sp³-hybridized carbons (Fsp3) is 0.412. The van der Waals surface area contributed by atoms with Gasteiger partial charge in [-0.3, -0.25) is 19.7 Å². The van der Waals surface area contributed by atoms with E-state index in [1.165, 1.54) is 24.3 Å². The predicted octanol–water partition coefficient (Wildman–Crippen LogP) is 1.27. The number of carbonyl (C=O) groups is 2.